The van der Waals surface area contributed by atoms with E-state index in [2.05, 4.69) is 10.3 Å². The van der Waals surface area contributed by atoms with Crippen molar-refractivity contribution < 1.29 is 9.59 Å². The molecule has 1 aromatic heterocycles. The number of hydrogen-bond donors (Lipinski definition) is 1. The van der Waals surface area contributed by atoms with Crippen molar-refractivity contribution in [1.82, 2.24) is 4.98 Å². The molecule has 0 bridgehead atoms. The number of fused-ring (bicyclic) bond motifs is 1. The summed E-state index contributed by atoms with van der Waals surface area (Å²) in [6, 6.07) is 1.57. The number of carbonyl (C=O) groups is 2. The molecule has 0 fully saturated rings. The number of aromatic nitrogens is 1. The molecule has 1 N–H and O–H groups in total. The van der Waals surface area contributed by atoms with E-state index in [1.54, 1.807) is 6.07 Å². The molecule has 0 saturated heterocycles. The van der Waals surface area contributed by atoms with Gasteiger partial charge in [0.1, 0.15) is 11.5 Å². The van der Waals surface area contributed by atoms with Crippen LogP contribution in [0.25, 0.3) is 0 Å². The molecule has 7 heteroatoms. The number of amides is 1. The summed E-state index contributed by atoms with van der Waals surface area (Å²) in [5.74, 6) is 0.499. The van der Waals surface area contributed by atoms with Crippen LogP contribution in [0.15, 0.2) is 11.0 Å². The minimum Gasteiger partial charge on any atom is -0.309 e. The number of pyridine rings is 1. The first-order valence-corrected chi connectivity index (χ1v) is 5.65. The molecule has 4 nitrogen and oxygen atoms in total. The van der Waals surface area contributed by atoms with Crippen LogP contribution >= 0.6 is 35.0 Å². The van der Waals surface area contributed by atoms with Crippen LogP contribution in [0.4, 0.5) is 5.82 Å². The number of rotatable bonds is 1. The molecular formula is C8H4Cl2N2O2S. The smallest absolute Gasteiger partial charge is 0.272 e. The first-order chi connectivity index (χ1) is 7.08. The Labute approximate surface area is 99.3 Å². The van der Waals surface area contributed by atoms with E-state index in [-0.39, 0.29) is 16.6 Å². The monoisotopic (exact) mass is 262 g/mol. The van der Waals surface area contributed by atoms with E-state index in [0.717, 1.165) is 4.90 Å². The van der Waals surface area contributed by atoms with Gasteiger partial charge in [0.15, 0.2) is 0 Å². The zero-order chi connectivity index (χ0) is 11.0. The Morgan fingerprint density at radius 1 is 1.60 bits per heavy atom. The number of nitrogens with zero attached hydrogens (tertiary/aromatic N) is 1. The molecule has 78 valence electrons. The molecule has 1 aliphatic heterocycles. The predicted molar refractivity (Wildman–Crippen MR) is 58.8 cm³/mol. The van der Waals surface area contributed by atoms with Gasteiger partial charge in [-0.2, -0.15) is 0 Å². The van der Waals surface area contributed by atoms with Crippen molar-refractivity contribution in [3.05, 3.63) is 16.8 Å². The van der Waals surface area contributed by atoms with Gasteiger partial charge in [-0.25, -0.2) is 4.98 Å². The topological polar surface area (TPSA) is 59.1 Å². The van der Waals surface area contributed by atoms with Crippen LogP contribution < -0.4 is 5.32 Å². The van der Waals surface area contributed by atoms with Crippen molar-refractivity contribution >= 4 is 51.9 Å². The van der Waals surface area contributed by atoms with E-state index < -0.39 is 5.24 Å². The molecule has 2 rings (SSSR count). The van der Waals surface area contributed by atoms with E-state index in [1.165, 1.54) is 11.8 Å². The van der Waals surface area contributed by atoms with Crippen LogP contribution in [0.5, 0.6) is 0 Å². The lowest BCUT2D eigenvalue weighted by Crippen LogP contribution is -2.20. The molecule has 0 saturated carbocycles. The van der Waals surface area contributed by atoms with Gasteiger partial charge in [-0.1, -0.05) is 11.6 Å². The van der Waals surface area contributed by atoms with Crippen LogP contribution in [-0.4, -0.2) is 21.9 Å². The number of hydrogen-bond acceptors (Lipinski definition) is 4. The zero-order valence-corrected chi connectivity index (χ0v) is 9.54. The summed E-state index contributed by atoms with van der Waals surface area (Å²) in [5, 5.41) is 1.99. The van der Waals surface area contributed by atoms with E-state index in [9.17, 15) is 9.59 Å². The van der Waals surface area contributed by atoms with Crippen molar-refractivity contribution in [2.75, 3.05) is 11.1 Å². The third kappa shape index (κ3) is 2.09. The summed E-state index contributed by atoms with van der Waals surface area (Å²) in [6.07, 6.45) is 0. The van der Waals surface area contributed by atoms with Crippen LogP contribution in [0.3, 0.4) is 0 Å². The quantitative estimate of drug-likeness (QED) is 0.789. The lowest BCUT2D eigenvalue weighted by molar-refractivity contribution is -0.113. The maximum Gasteiger partial charge on any atom is 0.272 e. The average Bonchev–Trinajstić information content (AvgIpc) is 2.17. The molecule has 0 unspecified atom stereocenters. The Balaban J connectivity index is 2.51. The van der Waals surface area contributed by atoms with E-state index >= 15 is 0 Å². The standard InChI is InChI=1S/C8H4Cl2N2O2S/c9-3-1-4-8(11-5(13)2-15-4)12-6(3)7(10)14/h1H,2H2,(H,11,12,13). The molecule has 1 aromatic rings. The largest absolute Gasteiger partial charge is 0.309 e. The van der Waals surface area contributed by atoms with Gasteiger partial charge in [0.2, 0.25) is 5.91 Å². The maximum atomic E-state index is 11.1. The summed E-state index contributed by atoms with van der Waals surface area (Å²) in [4.78, 5) is 26.6. The highest BCUT2D eigenvalue weighted by molar-refractivity contribution is 8.00. The minimum absolute atomic E-state index is 0.0418. The molecule has 0 aliphatic carbocycles. The SMILES string of the molecule is O=C1CSc2cc(Cl)c(C(=O)Cl)nc2N1. The van der Waals surface area contributed by atoms with Gasteiger partial charge in [0, 0.05) is 0 Å². The van der Waals surface area contributed by atoms with Gasteiger partial charge in [0.05, 0.1) is 15.7 Å². The van der Waals surface area contributed by atoms with Crippen molar-refractivity contribution in [1.29, 1.82) is 0 Å². The highest BCUT2D eigenvalue weighted by Crippen LogP contribution is 2.33. The van der Waals surface area contributed by atoms with Crippen molar-refractivity contribution in [2.45, 2.75) is 4.90 Å². The fraction of sp³-hybridized carbons (Fsp3) is 0.125. The second kappa shape index (κ2) is 4.00. The van der Waals surface area contributed by atoms with Crippen molar-refractivity contribution in [2.24, 2.45) is 0 Å². The van der Waals surface area contributed by atoms with Gasteiger partial charge in [-0.05, 0) is 17.7 Å². The number of halogens is 2. The molecule has 0 atom stereocenters. The Morgan fingerprint density at radius 2 is 2.33 bits per heavy atom. The summed E-state index contributed by atoms with van der Waals surface area (Å²) in [5.41, 5.74) is -0.0418. The van der Waals surface area contributed by atoms with Crippen molar-refractivity contribution in [3.8, 4) is 0 Å². The molecular weight excluding hydrogens is 259 g/mol. The molecule has 1 aliphatic rings. The summed E-state index contributed by atoms with van der Waals surface area (Å²) in [6.45, 7) is 0. The third-order valence-corrected chi connectivity index (χ3v) is 3.24. The van der Waals surface area contributed by atoms with Gasteiger partial charge in [-0.15, -0.1) is 11.8 Å². The van der Waals surface area contributed by atoms with E-state index in [0.29, 0.717) is 11.6 Å². The van der Waals surface area contributed by atoms with Gasteiger partial charge in [0.25, 0.3) is 5.24 Å². The van der Waals surface area contributed by atoms with Crippen LogP contribution in [0.2, 0.25) is 5.02 Å². The summed E-state index contributed by atoms with van der Waals surface area (Å²) in [7, 11) is 0. The lowest BCUT2D eigenvalue weighted by Gasteiger charge is -2.15. The van der Waals surface area contributed by atoms with Crippen LogP contribution in [-0.2, 0) is 4.79 Å². The second-order valence-electron chi connectivity index (χ2n) is 2.78. The number of carbonyl (C=O) groups excluding carboxylic acids is 2. The van der Waals surface area contributed by atoms with Crippen molar-refractivity contribution in [3.63, 3.8) is 0 Å². The van der Waals surface area contributed by atoms with Crippen LogP contribution in [0.1, 0.15) is 10.5 Å². The summed E-state index contributed by atoms with van der Waals surface area (Å²) < 4.78 is 0. The molecule has 0 spiro atoms. The minimum atomic E-state index is -0.743. The first-order valence-electron chi connectivity index (χ1n) is 3.91. The Bertz CT molecular complexity index is 464. The van der Waals surface area contributed by atoms with Gasteiger partial charge in [-0.3, -0.25) is 9.59 Å². The van der Waals surface area contributed by atoms with Gasteiger partial charge >= 0.3 is 0 Å². The molecule has 0 aromatic carbocycles. The fourth-order valence-electron chi connectivity index (χ4n) is 1.12. The first kappa shape index (κ1) is 10.7. The molecule has 0 radical (unpaired) electrons. The number of anilines is 1. The highest BCUT2D eigenvalue weighted by Gasteiger charge is 2.20. The normalized spacial score (nSPS) is 14.4. The molecule has 15 heavy (non-hydrogen) atoms. The predicted octanol–water partition coefficient (Wildman–Crippen LogP) is 2.16. The molecule has 1 amide bonds. The van der Waals surface area contributed by atoms with Gasteiger partial charge < -0.3 is 5.32 Å². The highest BCUT2D eigenvalue weighted by atomic mass is 35.5. The fourth-order valence-corrected chi connectivity index (χ4v) is 2.41. The Morgan fingerprint density at radius 3 is 3.00 bits per heavy atom. The molecule has 2 heterocycles. The third-order valence-electron chi connectivity index (χ3n) is 1.74. The number of thioether (sulfide) groups is 1. The summed E-state index contributed by atoms with van der Waals surface area (Å²) >= 11 is 12.4. The zero-order valence-electron chi connectivity index (χ0n) is 7.21. The lowest BCUT2D eigenvalue weighted by atomic mass is 10.3. The Hall–Kier alpha value is -0.780. The average molecular weight is 263 g/mol. The maximum absolute atomic E-state index is 11.1. The van der Waals surface area contributed by atoms with E-state index in [1.807, 2.05) is 0 Å². The van der Waals surface area contributed by atoms with E-state index in [4.69, 9.17) is 23.2 Å². The Kier molecular flexibility index (Phi) is 2.86. The number of nitrogens with one attached hydrogen (secondary N) is 1. The second-order valence-corrected chi connectivity index (χ2v) is 4.54. The van der Waals surface area contributed by atoms with Crippen LogP contribution in [0, 0.1) is 0 Å².